The van der Waals surface area contributed by atoms with E-state index in [1.54, 1.807) is 4.90 Å². The Morgan fingerprint density at radius 3 is 2.79 bits per heavy atom. The second-order valence-electron chi connectivity index (χ2n) is 5.51. The molecule has 1 N–H and O–H groups in total. The van der Waals surface area contributed by atoms with Gasteiger partial charge in [-0.1, -0.05) is 12.8 Å². The average Bonchev–Trinajstić information content (AvgIpc) is 2.80. The zero-order valence-corrected chi connectivity index (χ0v) is 12.7. The average molecular weight is 284 g/mol. The van der Waals surface area contributed by atoms with Crippen LogP contribution in [-0.4, -0.2) is 47.4 Å². The van der Waals surface area contributed by atoms with Gasteiger partial charge in [0.15, 0.2) is 0 Å². The van der Waals surface area contributed by atoms with Crippen LogP contribution in [0, 0.1) is 5.92 Å². The van der Waals surface area contributed by atoms with Gasteiger partial charge in [-0.2, -0.15) is 11.8 Å². The van der Waals surface area contributed by atoms with Crippen molar-refractivity contribution in [1.82, 2.24) is 10.2 Å². The zero-order valence-electron chi connectivity index (χ0n) is 11.9. The molecule has 1 aliphatic heterocycles. The van der Waals surface area contributed by atoms with E-state index in [-0.39, 0.29) is 17.7 Å². The smallest absolute Gasteiger partial charge is 0.225 e. The van der Waals surface area contributed by atoms with Gasteiger partial charge < -0.3 is 10.2 Å². The second kappa shape index (κ2) is 6.64. The van der Waals surface area contributed by atoms with Crippen LogP contribution in [0.15, 0.2) is 0 Å². The largest absolute Gasteiger partial charge is 0.352 e. The molecule has 2 amide bonds. The van der Waals surface area contributed by atoms with Crippen molar-refractivity contribution in [2.45, 2.75) is 50.3 Å². The van der Waals surface area contributed by atoms with Crippen LogP contribution >= 0.6 is 11.8 Å². The summed E-state index contributed by atoms with van der Waals surface area (Å²) in [6, 6.07) is 0.294. The Kier molecular flexibility index (Phi) is 5.13. The summed E-state index contributed by atoms with van der Waals surface area (Å²) in [5, 5.41) is 3.73. The van der Waals surface area contributed by atoms with E-state index in [4.69, 9.17) is 0 Å². The molecule has 1 aliphatic carbocycles. The third kappa shape index (κ3) is 3.44. The van der Waals surface area contributed by atoms with E-state index in [0.717, 1.165) is 6.42 Å². The fourth-order valence-electron chi connectivity index (χ4n) is 3.10. The second-order valence-corrected chi connectivity index (χ2v) is 6.58. The number of carbonyl (C=O) groups is 2. The van der Waals surface area contributed by atoms with Crippen molar-refractivity contribution in [1.29, 1.82) is 0 Å². The highest BCUT2D eigenvalue weighted by molar-refractivity contribution is 7.99. The molecule has 0 aromatic rings. The molecular formula is C14H24N2O2S. The molecule has 108 valence electrons. The third-order valence-electron chi connectivity index (χ3n) is 4.30. The number of rotatable bonds is 4. The van der Waals surface area contributed by atoms with Gasteiger partial charge in [0.2, 0.25) is 11.8 Å². The van der Waals surface area contributed by atoms with E-state index >= 15 is 0 Å². The van der Waals surface area contributed by atoms with E-state index < -0.39 is 0 Å². The van der Waals surface area contributed by atoms with E-state index in [1.165, 1.54) is 19.3 Å². The fraction of sp³-hybridized carbons (Fsp3) is 0.857. The first kappa shape index (κ1) is 14.7. The molecule has 2 fully saturated rings. The molecule has 19 heavy (non-hydrogen) atoms. The van der Waals surface area contributed by atoms with Gasteiger partial charge in [-0.05, 0) is 26.0 Å². The Hall–Kier alpha value is -0.710. The van der Waals surface area contributed by atoms with Crippen molar-refractivity contribution in [3.63, 3.8) is 0 Å². The Morgan fingerprint density at radius 2 is 2.16 bits per heavy atom. The SMILES string of the molecule is CCN1C[C@H](C(=O)N[C@@H]2CCCC[C@@H]2SC)CC1=O. The molecule has 0 unspecified atom stereocenters. The van der Waals surface area contributed by atoms with Crippen molar-refractivity contribution >= 4 is 23.6 Å². The molecule has 0 spiro atoms. The molecule has 0 aromatic carbocycles. The first-order chi connectivity index (χ1) is 9.15. The molecule has 2 rings (SSSR count). The minimum absolute atomic E-state index is 0.0789. The van der Waals surface area contributed by atoms with Crippen molar-refractivity contribution in [2.75, 3.05) is 19.3 Å². The minimum atomic E-state index is -0.142. The summed E-state index contributed by atoms with van der Waals surface area (Å²) in [6.07, 6.45) is 7.24. The first-order valence-corrected chi connectivity index (χ1v) is 8.55. The number of nitrogens with zero attached hydrogens (tertiary/aromatic N) is 1. The van der Waals surface area contributed by atoms with Gasteiger partial charge in [-0.25, -0.2) is 0 Å². The molecule has 4 nitrogen and oxygen atoms in total. The summed E-state index contributed by atoms with van der Waals surface area (Å²) in [5.74, 6) is 0.0554. The van der Waals surface area contributed by atoms with Gasteiger partial charge in [-0.15, -0.1) is 0 Å². The van der Waals surface area contributed by atoms with Gasteiger partial charge >= 0.3 is 0 Å². The van der Waals surface area contributed by atoms with Crippen LogP contribution in [0.3, 0.4) is 0 Å². The van der Waals surface area contributed by atoms with E-state index in [1.807, 2.05) is 18.7 Å². The molecule has 1 saturated heterocycles. The van der Waals surface area contributed by atoms with E-state index in [2.05, 4.69) is 11.6 Å². The molecular weight excluding hydrogens is 260 g/mol. The standard InChI is InChI=1S/C14H24N2O2S/c1-3-16-9-10(8-13(16)17)14(18)15-11-6-4-5-7-12(11)19-2/h10-12H,3-9H2,1-2H3,(H,15,18)/t10-,11-,12+/m1/s1. The van der Waals surface area contributed by atoms with Gasteiger partial charge in [0.25, 0.3) is 0 Å². The summed E-state index contributed by atoms with van der Waals surface area (Å²) in [4.78, 5) is 25.7. The van der Waals surface area contributed by atoms with Crippen LogP contribution in [0.5, 0.6) is 0 Å². The van der Waals surface area contributed by atoms with Crippen molar-refractivity contribution < 1.29 is 9.59 Å². The maximum Gasteiger partial charge on any atom is 0.225 e. The number of likely N-dealkylation sites (tertiary alicyclic amines) is 1. The van der Waals surface area contributed by atoms with Gasteiger partial charge in [-0.3, -0.25) is 9.59 Å². The predicted octanol–water partition coefficient (Wildman–Crippen LogP) is 1.65. The summed E-state index contributed by atoms with van der Waals surface area (Å²) in [7, 11) is 0. The highest BCUT2D eigenvalue weighted by Gasteiger charge is 2.35. The van der Waals surface area contributed by atoms with Gasteiger partial charge in [0, 0.05) is 30.8 Å². The molecule has 2 aliphatic rings. The Bertz CT molecular complexity index is 348. The highest BCUT2D eigenvalue weighted by atomic mass is 32.2. The predicted molar refractivity (Wildman–Crippen MR) is 78.1 cm³/mol. The lowest BCUT2D eigenvalue weighted by Crippen LogP contribution is -2.46. The summed E-state index contributed by atoms with van der Waals surface area (Å²) in [6.45, 7) is 3.26. The monoisotopic (exact) mass is 284 g/mol. The summed E-state index contributed by atoms with van der Waals surface area (Å²) >= 11 is 1.85. The van der Waals surface area contributed by atoms with Crippen molar-refractivity contribution in [3.8, 4) is 0 Å². The van der Waals surface area contributed by atoms with Crippen molar-refractivity contribution in [3.05, 3.63) is 0 Å². The van der Waals surface area contributed by atoms with E-state index in [0.29, 0.717) is 30.8 Å². The zero-order chi connectivity index (χ0) is 13.8. The van der Waals surface area contributed by atoms with E-state index in [9.17, 15) is 9.59 Å². The van der Waals surface area contributed by atoms with Crippen LogP contribution in [0.4, 0.5) is 0 Å². The maximum atomic E-state index is 12.3. The Balaban J connectivity index is 1.88. The van der Waals surface area contributed by atoms with Crippen LogP contribution < -0.4 is 5.32 Å². The van der Waals surface area contributed by atoms with Crippen LogP contribution in [-0.2, 0) is 9.59 Å². The molecule has 3 atom stereocenters. The lowest BCUT2D eigenvalue weighted by atomic mass is 9.94. The molecule has 0 bridgehead atoms. The number of carbonyl (C=O) groups excluding carboxylic acids is 2. The summed E-state index contributed by atoms with van der Waals surface area (Å²) < 4.78 is 0. The highest BCUT2D eigenvalue weighted by Crippen LogP contribution is 2.28. The number of hydrogen-bond donors (Lipinski definition) is 1. The van der Waals surface area contributed by atoms with Crippen LogP contribution in [0.25, 0.3) is 0 Å². The molecule has 0 radical (unpaired) electrons. The number of hydrogen-bond acceptors (Lipinski definition) is 3. The normalized spacial score (nSPS) is 31.6. The van der Waals surface area contributed by atoms with Crippen LogP contribution in [0.1, 0.15) is 39.0 Å². The number of amides is 2. The first-order valence-electron chi connectivity index (χ1n) is 7.26. The quantitative estimate of drug-likeness (QED) is 0.854. The lowest BCUT2D eigenvalue weighted by Gasteiger charge is -2.31. The topological polar surface area (TPSA) is 49.4 Å². The van der Waals surface area contributed by atoms with Crippen LogP contribution in [0.2, 0.25) is 0 Å². The maximum absolute atomic E-state index is 12.3. The fourth-order valence-corrected chi connectivity index (χ4v) is 4.03. The van der Waals surface area contributed by atoms with Gasteiger partial charge in [0.05, 0.1) is 5.92 Å². The molecule has 1 heterocycles. The minimum Gasteiger partial charge on any atom is -0.352 e. The molecule has 5 heteroatoms. The van der Waals surface area contributed by atoms with Gasteiger partial charge in [0.1, 0.15) is 0 Å². The third-order valence-corrected chi connectivity index (χ3v) is 5.47. The number of nitrogens with one attached hydrogen (secondary N) is 1. The Morgan fingerprint density at radius 1 is 1.42 bits per heavy atom. The lowest BCUT2D eigenvalue weighted by molar-refractivity contribution is -0.129. The summed E-state index contributed by atoms with van der Waals surface area (Å²) in [5.41, 5.74) is 0. The van der Waals surface area contributed by atoms with Crippen molar-refractivity contribution in [2.24, 2.45) is 5.92 Å². The Labute approximate surface area is 119 Å². The number of thioether (sulfide) groups is 1. The molecule has 0 aromatic heterocycles. The molecule has 1 saturated carbocycles.